The normalized spacial score (nSPS) is 10.1. The number of nitrogens with two attached hydrogens (primary N) is 1. The average molecular weight is 305 g/mol. The molecular weight excluding hydrogens is 292 g/mol. The summed E-state index contributed by atoms with van der Waals surface area (Å²) in [7, 11) is 0. The van der Waals surface area contributed by atoms with Crippen LogP contribution >= 0.6 is 15.9 Å². The molecule has 2 aromatic carbocycles. The van der Waals surface area contributed by atoms with Gasteiger partial charge < -0.3 is 10.5 Å². The number of hydrogen-bond acceptors (Lipinski definition) is 2. The van der Waals surface area contributed by atoms with E-state index in [9.17, 15) is 0 Å². The Morgan fingerprint density at radius 2 is 1.78 bits per heavy atom. The van der Waals surface area contributed by atoms with E-state index in [-0.39, 0.29) is 5.84 Å². The second-order valence-corrected chi connectivity index (χ2v) is 4.67. The Bertz CT molecular complexity index is 552. The van der Waals surface area contributed by atoms with E-state index in [0.29, 0.717) is 12.2 Å². The third-order valence-corrected chi connectivity index (χ3v) is 3.29. The lowest BCUT2D eigenvalue weighted by Gasteiger charge is -2.08. The second kappa shape index (κ2) is 5.69. The molecule has 3 N–H and O–H groups in total. The van der Waals surface area contributed by atoms with Crippen molar-refractivity contribution in [3.63, 3.8) is 0 Å². The molecule has 0 fully saturated rings. The number of hydrogen-bond donors (Lipinski definition) is 2. The van der Waals surface area contributed by atoms with Crippen LogP contribution in [0.3, 0.4) is 0 Å². The van der Waals surface area contributed by atoms with Gasteiger partial charge in [-0.25, -0.2) is 0 Å². The van der Waals surface area contributed by atoms with Gasteiger partial charge in [0.15, 0.2) is 0 Å². The molecule has 0 aliphatic heterocycles. The molecule has 0 amide bonds. The number of halogens is 1. The van der Waals surface area contributed by atoms with Crippen molar-refractivity contribution < 1.29 is 4.74 Å². The third kappa shape index (κ3) is 3.11. The maximum absolute atomic E-state index is 7.30. The molecule has 3 nitrogen and oxygen atoms in total. The molecule has 0 aliphatic carbocycles. The zero-order chi connectivity index (χ0) is 13.0. The minimum Gasteiger partial charge on any atom is -0.489 e. The van der Waals surface area contributed by atoms with Crippen LogP contribution in [0.4, 0.5) is 0 Å². The molecule has 2 rings (SSSR count). The fraction of sp³-hybridized carbons (Fsp3) is 0.0714. The van der Waals surface area contributed by atoms with Crippen molar-refractivity contribution in [1.82, 2.24) is 0 Å². The highest BCUT2D eigenvalue weighted by atomic mass is 79.9. The number of amidine groups is 1. The maximum atomic E-state index is 7.30. The van der Waals surface area contributed by atoms with Crippen LogP contribution < -0.4 is 10.5 Å². The van der Waals surface area contributed by atoms with Crippen LogP contribution in [0.5, 0.6) is 5.75 Å². The molecule has 0 atom stereocenters. The standard InChI is InChI=1S/C14H13BrN2O/c15-13-4-2-1-3-11(13)9-18-12-7-5-10(6-8-12)14(16)17/h1-8H,9H2,(H3,16,17). The number of nitrogens with one attached hydrogen (secondary N) is 1. The van der Waals surface area contributed by atoms with Crippen molar-refractivity contribution in [3.8, 4) is 5.75 Å². The molecule has 0 aromatic heterocycles. The van der Waals surface area contributed by atoms with Crippen LogP contribution in [-0.2, 0) is 6.61 Å². The van der Waals surface area contributed by atoms with Gasteiger partial charge in [-0.2, -0.15) is 0 Å². The zero-order valence-corrected chi connectivity index (χ0v) is 11.3. The van der Waals surface area contributed by atoms with E-state index >= 15 is 0 Å². The minimum atomic E-state index is 0.0624. The van der Waals surface area contributed by atoms with Crippen LogP contribution in [0.2, 0.25) is 0 Å². The van der Waals surface area contributed by atoms with E-state index in [1.54, 1.807) is 12.1 Å². The third-order valence-electron chi connectivity index (χ3n) is 2.52. The lowest BCUT2D eigenvalue weighted by molar-refractivity contribution is 0.305. The van der Waals surface area contributed by atoms with Gasteiger partial charge in [0.05, 0.1) is 0 Å². The Kier molecular flexibility index (Phi) is 3.99. The van der Waals surface area contributed by atoms with Crippen molar-refractivity contribution >= 4 is 21.8 Å². The molecule has 0 spiro atoms. The van der Waals surface area contributed by atoms with Crippen LogP contribution in [-0.4, -0.2) is 5.84 Å². The molecule has 0 bridgehead atoms. The first-order valence-corrected chi connectivity index (χ1v) is 6.27. The average Bonchev–Trinajstić information content (AvgIpc) is 2.38. The quantitative estimate of drug-likeness (QED) is 0.672. The van der Waals surface area contributed by atoms with Crippen LogP contribution in [0, 0.1) is 5.41 Å². The molecule has 0 saturated carbocycles. The molecule has 0 heterocycles. The van der Waals surface area contributed by atoms with Crippen LogP contribution in [0.1, 0.15) is 11.1 Å². The summed E-state index contributed by atoms with van der Waals surface area (Å²) in [5.41, 5.74) is 7.17. The van der Waals surface area contributed by atoms with E-state index < -0.39 is 0 Å². The van der Waals surface area contributed by atoms with E-state index in [4.69, 9.17) is 15.9 Å². The van der Waals surface area contributed by atoms with E-state index in [1.165, 1.54) is 0 Å². The summed E-state index contributed by atoms with van der Waals surface area (Å²) in [6.45, 7) is 0.501. The Hall–Kier alpha value is -1.81. The van der Waals surface area contributed by atoms with Crippen LogP contribution in [0.25, 0.3) is 0 Å². The number of rotatable bonds is 4. The number of nitrogen functional groups attached to an aromatic ring is 1. The van der Waals surface area contributed by atoms with Gasteiger partial charge in [0.1, 0.15) is 18.2 Å². The summed E-state index contributed by atoms with van der Waals surface area (Å²) in [5, 5.41) is 7.30. The first-order chi connectivity index (χ1) is 8.66. The second-order valence-electron chi connectivity index (χ2n) is 3.82. The Labute approximate surface area is 114 Å². The molecule has 0 aliphatic rings. The smallest absolute Gasteiger partial charge is 0.122 e. The van der Waals surface area contributed by atoms with Gasteiger partial charge in [0.2, 0.25) is 0 Å². The highest BCUT2D eigenvalue weighted by molar-refractivity contribution is 9.10. The van der Waals surface area contributed by atoms with Gasteiger partial charge in [0.25, 0.3) is 0 Å². The summed E-state index contributed by atoms with van der Waals surface area (Å²) in [6.07, 6.45) is 0. The Balaban J connectivity index is 2.02. The van der Waals surface area contributed by atoms with Gasteiger partial charge >= 0.3 is 0 Å². The van der Waals surface area contributed by atoms with Gasteiger partial charge in [-0.3, -0.25) is 5.41 Å². The van der Waals surface area contributed by atoms with E-state index in [2.05, 4.69) is 15.9 Å². The summed E-state index contributed by atoms with van der Waals surface area (Å²) in [6, 6.07) is 15.1. The largest absolute Gasteiger partial charge is 0.489 e. The number of benzene rings is 2. The highest BCUT2D eigenvalue weighted by Gasteiger charge is 2.01. The maximum Gasteiger partial charge on any atom is 0.122 e. The molecule has 0 unspecified atom stereocenters. The predicted molar refractivity (Wildman–Crippen MR) is 75.9 cm³/mol. The minimum absolute atomic E-state index is 0.0624. The molecule has 2 aromatic rings. The fourth-order valence-electron chi connectivity index (χ4n) is 1.51. The molecule has 92 valence electrons. The lowest BCUT2D eigenvalue weighted by Crippen LogP contribution is -2.10. The molecule has 0 saturated heterocycles. The lowest BCUT2D eigenvalue weighted by atomic mass is 10.2. The van der Waals surface area contributed by atoms with Crippen LogP contribution in [0.15, 0.2) is 53.0 Å². The number of ether oxygens (including phenoxy) is 1. The molecule has 4 heteroatoms. The summed E-state index contributed by atoms with van der Waals surface area (Å²) < 4.78 is 6.70. The molecule has 18 heavy (non-hydrogen) atoms. The summed E-state index contributed by atoms with van der Waals surface area (Å²) in [4.78, 5) is 0. The predicted octanol–water partition coefficient (Wildman–Crippen LogP) is 3.31. The summed E-state index contributed by atoms with van der Waals surface area (Å²) >= 11 is 3.48. The van der Waals surface area contributed by atoms with E-state index in [1.807, 2.05) is 36.4 Å². The van der Waals surface area contributed by atoms with Gasteiger partial charge in [-0.1, -0.05) is 34.1 Å². The summed E-state index contributed by atoms with van der Waals surface area (Å²) in [5.74, 6) is 0.822. The van der Waals surface area contributed by atoms with Crippen molar-refractivity contribution in [2.75, 3.05) is 0 Å². The van der Waals surface area contributed by atoms with Crippen molar-refractivity contribution in [2.24, 2.45) is 5.73 Å². The Morgan fingerprint density at radius 3 is 2.39 bits per heavy atom. The first kappa shape index (κ1) is 12.6. The zero-order valence-electron chi connectivity index (χ0n) is 9.69. The highest BCUT2D eigenvalue weighted by Crippen LogP contribution is 2.19. The van der Waals surface area contributed by atoms with Gasteiger partial charge in [-0.15, -0.1) is 0 Å². The Morgan fingerprint density at radius 1 is 1.11 bits per heavy atom. The SMILES string of the molecule is N=C(N)c1ccc(OCc2ccccc2Br)cc1. The van der Waals surface area contributed by atoms with Gasteiger partial charge in [0, 0.05) is 15.6 Å². The van der Waals surface area contributed by atoms with Crippen molar-refractivity contribution in [2.45, 2.75) is 6.61 Å². The molecule has 0 radical (unpaired) electrons. The van der Waals surface area contributed by atoms with E-state index in [0.717, 1.165) is 15.8 Å². The monoisotopic (exact) mass is 304 g/mol. The van der Waals surface area contributed by atoms with Crippen molar-refractivity contribution in [1.29, 1.82) is 5.41 Å². The topological polar surface area (TPSA) is 59.1 Å². The first-order valence-electron chi connectivity index (χ1n) is 5.47. The van der Waals surface area contributed by atoms with Gasteiger partial charge in [-0.05, 0) is 30.3 Å². The van der Waals surface area contributed by atoms with Crippen molar-refractivity contribution in [3.05, 3.63) is 64.1 Å². The molecular formula is C14H13BrN2O. The fourth-order valence-corrected chi connectivity index (χ4v) is 1.91.